The first-order chi connectivity index (χ1) is 9.60. The summed E-state index contributed by atoms with van der Waals surface area (Å²) in [6.45, 7) is 2.14. The zero-order valence-corrected chi connectivity index (χ0v) is 11.1. The van der Waals surface area contributed by atoms with E-state index in [1.165, 1.54) is 12.1 Å². The maximum atomic E-state index is 13.1. The average molecular weight is 274 g/mol. The van der Waals surface area contributed by atoms with Crippen LogP contribution in [0.5, 0.6) is 5.75 Å². The van der Waals surface area contributed by atoms with Crippen LogP contribution in [0.3, 0.4) is 0 Å². The number of aromatic carboxylic acids is 1. The summed E-state index contributed by atoms with van der Waals surface area (Å²) >= 11 is 0. The maximum Gasteiger partial charge on any atom is 0.336 e. The fourth-order valence-corrected chi connectivity index (χ4v) is 1.89. The van der Waals surface area contributed by atoms with Crippen LogP contribution in [0.4, 0.5) is 4.39 Å². The Bertz CT molecular complexity index is 623. The van der Waals surface area contributed by atoms with Crippen LogP contribution in [0.25, 0.3) is 0 Å². The second-order valence-electron chi connectivity index (χ2n) is 4.40. The van der Waals surface area contributed by atoms with E-state index in [1.54, 1.807) is 0 Å². The van der Waals surface area contributed by atoms with E-state index in [0.717, 1.165) is 18.1 Å². The van der Waals surface area contributed by atoms with Crippen molar-refractivity contribution in [2.75, 3.05) is 0 Å². The van der Waals surface area contributed by atoms with Gasteiger partial charge in [0.1, 0.15) is 18.2 Å². The normalized spacial score (nSPS) is 10.3. The lowest BCUT2D eigenvalue weighted by Crippen LogP contribution is -2.06. The first-order valence-corrected chi connectivity index (χ1v) is 6.33. The van der Waals surface area contributed by atoms with Gasteiger partial charge < -0.3 is 9.84 Å². The van der Waals surface area contributed by atoms with Crippen molar-refractivity contribution in [1.82, 2.24) is 0 Å². The molecule has 0 radical (unpaired) electrons. The Morgan fingerprint density at radius 1 is 1.25 bits per heavy atom. The molecule has 0 spiro atoms. The third-order valence-corrected chi connectivity index (χ3v) is 3.00. The third-order valence-electron chi connectivity index (χ3n) is 3.00. The first-order valence-electron chi connectivity index (χ1n) is 6.33. The van der Waals surface area contributed by atoms with Crippen LogP contribution < -0.4 is 4.74 Å². The molecule has 2 aromatic rings. The minimum atomic E-state index is -1.16. The number of carboxylic acids is 1. The number of rotatable bonds is 5. The minimum Gasteiger partial charge on any atom is -0.489 e. The van der Waals surface area contributed by atoms with Gasteiger partial charge in [-0.2, -0.15) is 0 Å². The van der Waals surface area contributed by atoms with Crippen LogP contribution >= 0.6 is 0 Å². The van der Waals surface area contributed by atoms with Crippen LogP contribution in [0.1, 0.15) is 28.4 Å². The topological polar surface area (TPSA) is 46.5 Å². The fourth-order valence-electron chi connectivity index (χ4n) is 1.89. The van der Waals surface area contributed by atoms with E-state index in [0.29, 0.717) is 11.3 Å². The summed E-state index contributed by atoms with van der Waals surface area (Å²) in [5, 5.41) is 9.05. The summed E-state index contributed by atoms with van der Waals surface area (Å²) in [6.07, 6.45) is 0.897. The summed E-state index contributed by atoms with van der Waals surface area (Å²) < 4.78 is 18.6. The predicted molar refractivity (Wildman–Crippen MR) is 73.5 cm³/mol. The molecule has 0 atom stereocenters. The Balaban J connectivity index is 2.16. The highest BCUT2D eigenvalue weighted by Crippen LogP contribution is 2.18. The second-order valence-corrected chi connectivity index (χ2v) is 4.40. The molecule has 0 aromatic heterocycles. The van der Waals surface area contributed by atoms with Crippen molar-refractivity contribution in [3.05, 3.63) is 65.0 Å². The Labute approximate surface area is 116 Å². The molecule has 0 bridgehead atoms. The highest BCUT2D eigenvalue weighted by molar-refractivity contribution is 5.89. The number of carbonyl (C=O) groups is 1. The van der Waals surface area contributed by atoms with Crippen molar-refractivity contribution in [2.24, 2.45) is 0 Å². The molecule has 0 aliphatic carbocycles. The molecule has 1 N–H and O–H groups in total. The molecule has 4 heteroatoms. The van der Waals surface area contributed by atoms with Gasteiger partial charge in [-0.1, -0.05) is 25.1 Å². The summed E-state index contributed by atoms with van der Waals surface area (Å²) in [5.41, 5.74) is 1.51. The lowest BCUT2D eigenvalue weighted by atomic mass is 10.1. The van der Waals surface area contributed by atoms with Crippen molar-refractivity contribution in [3.63, 3.8) is 0 Å². The molecule has 0 saturated carbocycles. The highest BCUT2D eigenvalue weighted by atomic mass is 19.1. The summed E-state index contributed by atoms with van der Waals surface area (Å²) in [5.74, 6) is -1.06. The molecule has 0 fully saturated rings. The number of hydrogen-bond acceptors (Lipinski definition) is 2. The number of aryl methyl sites for hydroxylation is 1. The second kappa shape index (κ2) is 6.19. The quantitative estimate of drug-likeness (QED) is 0.905. The average Bonchev–Trinajstić information content (AvgIpc) is 2.46. The van der Waals surface area contributed by atoms with E-state index in [-0.39, 0.29) is 12.2 Å². The third kappa shape index (κ3) is 3.35. The lowest BCUT2D eigenvalue weighted by molar-refractivity contribution is 0.0693. The van der Waals surface area contributed by atoms with Gasteiger partial charge in [-0.05, 0) is 36.2 Å². The smallest absolute Gasteiger partial charge is 0.336 e. The van der Waals surface area contributed by atoms with Gasteiger partial charge in [0.2, 0.25) is 0 Å². The van der Waals surface area contributed by atoms with Gasteiger partial charge in [-0.25, -0.2) is 9.18 Å². The molecule has 0 amide bonds. The van der Waals surface area contributed by atoms with E-state index < -0.39 is 11.8 Å². The zero-order chi connectivity index (χ0) is 14.5. The van der Waals surface area contributed by atoms with Crippen molar-refractivity contribution in [2.45, 2.75) is 20.0 Å². The Morgan fingerprint density at radius 2 is 2.05 bits per heavy atom. The van der Waals surface area contributed by atoms with Crippen molar-refractivity contribution in [3.8, 4) is 5.75 Å². The van der Waals surface area contributed by atoms with Crippen LogP contribution in [-0.4, -0.2) is 11.1 Å². The molecule has 3 nitrogen and oxygen atoms in total. The SMILES string of the molecule is CCc1cccc(OCc2ccc(F)cc2C(=O)O)c1. The van der Waals surface area contributed by atoms with Gasteiger partial charge in [-0.3, -0.25) is 0 Å². The Kier molecular flexibility index (Phi) is 4.35. The van der Waals surface area contributed by atoms with Crippen molar-refractivity contribution in [1.29, 1.82) is 0 Å². The summed E-state index contributed by atoms with van der Waals surface area (Å²) in [6, 6.07) is 11.3. The van der Waals surface area contributed by atoms with Crippen molar-refractivity contribution < 1.29 is 19.0 Å². The van der Waals surface area contributed by atoms with E-state index in [1.807, 2.05) is 31.2 Å². The maximum absolute atomic E-state index is 13.1. The molecule has 0 aliphatic heterocycles. The minimum absolute atomic E-state index is 0.0725. The molecule has 2 aromatic carbocycles. The van der Waals surface area contributed by atoms with Crippen molar-refractivity contribution >= 4 is 5.97 Å². The number of halogens is 1. The van der Waals surface area contributed by atoms with Gasteiger partial charge in [0.15, 0.2) is 0 Å². The van der Waals surface area contributed by atoms with Crippen LogP contribution in [0.2, 0.25) is 0 Å². The number of hydrogen-bond donors (Lipinski definition) is 1. The van der Waals surface area contributed by atoms with Gasteiger partial charge in [0, 0.05) is 5.56 Å². The van der Waals surface area contributed by atoms with E-state index >= 15 is 0 Å². The van der Waals surface area contributed by atoms with Gasteiger partial charge in [-0.15, -0.1) is 0 Å². The van der Waals surface area contributed by atoms with E-state index in [2.05, 4.69) is 0 Å². The molecule has 0 heterocycles. The largest absolute Gasteiger partial charge is 0.489 e. The number of carboxylic acid groups (broad SMARTS) is 1. The summed E-state index contributed by atoms with van der Waals surface area (Å²) in [4.78, 5) is 11.1. The molecular weight excluding hydrogens is 259 g/mol. The zero-order valence-electron chi connectivity index (χ0n) is 11.1. The summed E-state index contributed by atoms with van der Waals surface area (Å²) in [7, 11) is 0. The molecule has 0 aliphatic rings. The molecule has 0 unspecified atom stereocenters. The van der Waals surface area contributed by atoms with Gasteiger partial charge >= 0.3 is 5.97 Å². The van der Waals surface area contributed by atoms with Gasteiger partial charge in [0.25, 0.3) is 0 Å². The molecule has 104 valence electrons. The molecule has 0 saturated heterocycles. The molecular formula is C16H15FO3. The monoisotopic (exact) mass is 274 g/mol. The molecule has 20 heavy (non-hydrogen) atoms. The van der Waals surface area contributed by atoms with Crippen LogP contribution in [0.15, 0.2) is 42.5 Å². The standard InChI is InChI=1S/C16H15FO3/c1-2-11-4-3-5-14(8-11)20-10-12-6-7-13(17)9-15(12)16(18)19/h3-9H,2,10H2,1H3,(H,18,19). The van der Waals surface area contributed by atoms with E-state index in [4.69, 9.17) is 9.84 Å². The predicted octanol–water partition coefficient (Wildman–Crippen LogP) is 3.67. The van der Waals surface area contributed by atoms with Crippen LogP contribution in [0, 0.1) is 5.82 Å². The van der Waals surface area contributed by atoms with Crippen LogP contribution in [-0.2, 0) is 13.0 Å². The highest BCUT2D eigenvalue weighted by Gasteiger charge is 2.11. The first kappa shape index (κ1) is 14.1. The molecule has 2 rings (SSSR count). The fraction of sp³-hybridized carbons (Fsp3) is 0.188. The number of benzene rings is 2. The number of ether oxygens (including phenoxy) is 1. The Hall–Kier alpha value is -2.36. The van der Waals surface area contributed by atoms with Gasteiger partial charge in [0.05, 0.1) is 5.56 Å². The van der Waals surface area contributed by atoms with E-state index in [9.17, 15) is 9.18 Å². The lowest BCUT2D eigenvalue weighted by Gasteiger charge is -2.10. The Morgan fingerprint density at radius 3 is 2.75 bits per heavy atom.